The van der Waals surface area contributed by atoms with Crippen LogP contribution in [0.4, 0.5) is 5.69 Å². The van der Waals surface area contributed by atoms with Gasteiger partial charge in [-0.2, -0.15) is 4.31 Å². The van der Waals surface area contributed by atoms with Crippen LogP contribution in [0.2, 0.25) is 0 Å². The van der Waals surface area contributed by atoms with Crippen molar-refractivity contribution in [2.24, 2.45) is 5.92 Å². The van der Waals surface area contributed by atoms with Gasteiger partial charge in [0, 0.05) is 45.0 Å². The van der Waals surface area contributed by atoms with Gasteiger partial charge >= 0.3 is 0 Å². The number of nitrogens with zero attached hydrogens (tertiary/aromatic N) is 5. The summed E-state index contributed by atoms with van der Waals surface area (Å²) in [6.45, 7) is 7.63. The van der Waals surface area contributed by atoms with Gasteiger partial charge in [0.25, 0.3) is 0 Å². The average Bonchev–Trinajstić information content (AvgIpc) is 3.34. The van der Waals surface area contributed by atoms with Crippen LogP contribution in [0.15, 0.2) is 45.9 Å². The summed E-state index contributed by atoms with van der Waals surface area (Å²) in [4.78, 5) is 17.6. The summed E-state index contributed by atoms with van der Waals surface area (Å²) in [7, 11) is -3.82. The number of amides is 1. The molecule has 2 aliphatic heterocycles. The van der Waals surface area contributed by atoms with E-state index < -0.39 is 10.0 Å². The highest BCUT2D eigenvalue weighted by molar-refractivity contribution is 7.89. The van der Waals surface area contributed by atoms with Crippen molar-refractivity contribution in [2.75, 3.05) is 44.2 Å². The minimum Gasteiger partial charge on any atom is -0.368 e. The lowest BCUT2D eigenvalue weighted by molar-refractivity contribution is -0.137. The molecule has 0 aliphatic carbocycles. The molecule has 3 heterocycles. The Balaban J connectivity index is 1.27. The maximum atomic E-state index is 13.4. The Hall–Kier alpha value is -2.98. The Morgan fingerprint density at radius 1 is 1.00 bits per heavy atom. The quantitative estimate of drug-likeness (QED) is 0.562. The maximum absolute atomic E-state index is 13.4. The van der Waals surface area contributed by atoms with Gasteiger partial charge in [-0.15, -0.1) is 0 Å². The van der Waals surface area contributed by atoms with Crippen LogP contribution in [0.5, 0.6) is 0 Å². The highest BCUT2D eigenvalue weighted by atomic mass is 32.2. The van der Waals surface area contributed by atoms with Gasteiger partial charge in [-0.3, -0.25) is 4.79 Å². The molecule has 3 aromatic rings. The number of hydrogen-bond donors (Lipinski definition) is 0. The zero-order valence-corrected chi connectivity index (χ0v) is 20.3. The van der Waals surface area contributed by atoms with Crippen molar-refractivity contribution in [3.63, 3.8) is 0 Å². The van der Waals surface area contributed by atoms with Gasteiger partial charge in [-0.05, 0) is 66.3 Å². The van der Waals surface area contributed by atoms with E-state index in [2.05, 4.69) is 47.3 Å². The predicted octanol–water partition coefficient (Wildman–Crippen LogP) is 2.59. The maximum Gasteiger partial charge on any atom is 0.245 e. The van der Waals surface area contributed by atoms with Crippen LogP contribution in [-0.4, -0.2) is 73.1 Å². The Morgan fingerprint density at radius 2 is 1.76 bits per heavy atom. The normalized spacial score (nSPS) is 20.1. The molecule has 2 aliphatic rings. The fourth-order valence-electron chi connectivity index (χ4n) is 5.00. The summed E-state index contributed by atoms with van der Waals surface area (Å²) in [5.74, 6) is -0.299. The molecule has 1 atom stereocenters. The van der Waals surface area contributed by atoms with Crippen LogP contribution < -0.4 is 4.90 Å². The first-order chi connectivity index (χ1) is 16.4. The molecule has 2 saturated heterocycles. The van der Waals surface area contributed by atoms with Crippen LogP contribution in [0.3, 0.4) is 0 Å². The number of fused-ring (bicyclic) bond motifs is 1. The van der Waals surface area contributed by atoms with Crippen LogP contribution >= 0.6 is 0 Å². The summed E-state index contributed by atoms with van der Waals surface area (Å²) in [5, 5.41) is 7.53. The van der Waals surface area contributed by atoms with Gasteiger partial charge in [-0.25, -0.2) is 13.0 Å². The predicted molar refractivity (Wildman–Crippen MR) is 128 cm³/mol. The van der Waals surface area contributed by atoms with E-state index in [4.69, 9.17) is 4.63 Å². The number of benzene rings is 2. The molecule has 0 bridgehead atoms. The van der Waals surface area contributed by atoms with Crippen molar-refractivity contribution in [2.45, 2.75) is 31.6 Å². The summed E-state index contributed by atoms with van der Waals surface area (Å²) in [6.07, 6.45) is 1.34. The summed E-state index contributed by atoms with van der Waals surface area (Å²) < 4.78 is 32.9. The van der Waals surface area contributed by atoms with Gasteiger partial charge in [0.05, 0.1) is 5.92 Å². The van der Waals surface area contributed by atoms with E-state index >= 15 is 0 Å². The van der Waals surface area contributed by atoms with Gasteiger partial charge in [0.2, 0.25) is 15.9 Å². The Kier molecular flexibility index (Phi) is 6.03. The molecule has 2 aromatic carbocycles. The number of sulfonamides is 1. The van der Waals surface area contributed by atoms with Crippen molar-refractivity contribution in [1.82, 2.24) is 19.5 Å². The molecule has 34 heavy (non-hydrogen) atoms. The Labute approximate surface area is 199 Å². The smallest absolute Gasteiger partial charge is 0.245 e. The van der Waals surface area contributed by atoms with E-state index in [1.165, 1.54) is 27.2 Å². The topological polar surface area (TPSA) is 99.8 Å². The minimum absolute atomic E-state index is 0.0434. The van der Waals surface area contributed by atoms with E-state index in [9.17, 15) is 13.2 Å². The van der Waals surface area contributed by atoms with Gasteiger partial charge < -0.3 is 9.80 Å². The Morgan fingerprint density at radius 3 is 2.56 bits per heavy atom. The molecule has 10 heteroatoms. The zero-order chi connectivity index (χ0) is 23.9. The monoisotopic (exact) mass is 483 g/mol. The number of carbonyl (C=O) groups excluding carboxylic acids is 1. The number of carbonyl (C=O) groups is 1. The Bertz CT molecular complexity index is 1310. The number of aromatic nitrogens is 2. The van der Waals surface area contributed by atoms with E-state index in [-0.39, 0.29) is 28.8 Å². The molecule has 5 rings (SSSR count). The lowest BCUT2D eigenvalue weighted by Gasteiger charge is -2.40. The molecule has 1 aromatic heterocycles. The largest absolute Gasteiger partial charge is 0.368 e. The molecule has 0 saturated carbocycles. The molecular formula is C24H29N5O4S. The summed E-state index contributed by atoms with van der Waals surface area (Å²) in [5.41, 5.74) is 4.37. The molecule has 1 amide bonds. The molecule has 180 valence electrons. The van der Waals surface area contributed by atoms with Crippen LogP contribution in [-0.2, 0) is 14.8 Å². The highest BCUT2D eigenvalue weighted by Crippen LogP contribution is 2.29. The third-order valence-electron chi connectivity index (χ3n) is 7.11. The average molecular weight is 484 g/mol. The summed E-state index contributed by atoms with van der Waals surface area (Å²) >= 11 is 0. The number of piperazine rings is 1. The lowest BCUT2D eigenvalue weighted by Crippen LogP contribution is -2.53. The first kappa shape index (κ1) is 22.8. The minimum atomic E-state index is -3.82. The first-order valence-electron chi connectivity index (χ1n) is 11.7. The number of rotatable bonds is 4. The SMILES string of the molecule is Cc1cccc(N2CCN(C(=O)C3CCCN(S(=O)(=O)c4cccc5nonc45)C3)CC2)c1C. The standard InChI is InChI=1S/C24H29N5O4S/c1-17-6-3-9-21(18(17)2)27-12-14-28(15-13-27)24(30)19-7-5-11-29(16-19)34(31,32)22-10-4-8-20-23(22)26-33-25-20/h3-4,6,8-10,19H,5,7,11-16H2,1-2H3. The van der Waals surface area contributed by atoms with Gasteiger partial charge in [0.15, 0.2) is 5.52 Å². The molecule has 1 unspecified atom stereocenters. The fourth-order valence-corrected chi connectivity index (χ4v) is 6.66. The van der Waals surface area contributed by atoms with Crippen LogP contribution in [0, 0.1) is 19.8 Å². The molecular weight excluding hydrogens is 454 g/mol. The molecule has 2 fully saturated rings. The number of anilines is 1. The highest BCUT2D eigenvalue weighted by Gasteiger charge is 2.37. The van der Waals surface area contributed by atoms with Gasteiger partial charge in [-0.1, -0.05) is 18.2 Å². The zero-order valence-electron chi connectivity index (χ0n) is 19.5. The van der Waals surface area contributed by atoms with E-state index in [0.29, 0.717) is 38.0 Å². The van der Waals surface area contributed by atoms with Crippen molar-refractivity contribution >= 4 is 32.7 Å². The number of piperidine rings is 1. The van der Waals surface area contributed by atoms with E-state index in [1.54, 1.807) is 12.1 Å². The first-order valence-corrected chi connectivity index (χ1v) is 13.1. The number of aryl methyl sites for hydroxylation is 1. The van der Waals surface area contributed by atoms with E-state index in [0.717, 1.165) is 13.1 Å². The molecule has 0 N–H and O–H groups in total. The van der Waals surface area contributed by atoms with Crippen LogP contribution in [0.25, 0.3) is 11.0 Å². The summed E-state index contributed by atoms with van der Waals surface area (Å²) in [6, 6.07) is 11.1. The lowest BCUT2D eigenvalue weighted by atomic mass is 9.97. The third kappa shape index (κ3) is 4.05. The van der Waals surface area contributed by atoms with Gasteiger partial charge in [0.1, 0.15) is 10.4 Å². The number of hydrogen-bond acceptors (Lipinski definition) is 7. The van der Waals surface area contributed by atoms with Crippen molar-refractivity contribution in [3.8, 4) is 0 Å². The molecule has 0 radical (unpaired) electrons. The van der Waals surface area contributed by atoms with Crippen molar-refractivity contribution in [1.29, 1.82) is 0 Å². The second kappa shape index (κ2) is 8.99. The van der Waals surface area contributed by atoms with E-state index in [1.807, 2.05) is 4.90 Å². The second-order valence-electron chi connectivity index (χ2n) is 9.12. The molecule has 0 spiro atoms. The second-order valence-corrected chi connectivity index (χ2v) is 11.0. The van der Waals surface area contributed by atoms with Crippen molar-refractivity contribution < 1.29 is 17.8 Å². The van der Waals surface area contributed by atoms with Crippen molar-refractivity contribution in [3.05, 3.63) is 47.5 Å². The third-order valence-corrected chi connectivity index (χ3v) is 9.00. The molecule has 9 nitrogen and oxygen atoms in total. The van der Waals surface area contributed by atoms with Crippen LogP contribution in [0.1, 0.15) is 24.0 Å². The fraction of sp³-hybridized carbons (Fsp3) is 0.458.